The summed E-state index contributed by atoms with van der Waals surface area (Å²) in [6.45, 7) is 24.6. The van der Waals surface area contributed by atoms with Crippen molar-refractivity contribution in [1.29, 1.82) is 0 Å². The summed E-state index contributed by atoms with van der Waals surface area (Å²) in [5, 5.41) is 9.95. The second-order valence-corrected chi connectivity index (χ2v) is 17.8. The predicted molar refractivity (Wildman–Crippen MR) is 229 cm³/mol. The molecule has 3 N–H and O–H groups in total. The molecule has 0 aliphatic heterocycles. The number of alkyl halides is 3. The lowest BCUT2D eigenvalue weighted by atomic mass is 9.85. The van der Waals surface area contributed by atoms with Crippen LogP contribution in [0.15, 0.2) is 41.5 Å². The molecule has 1 aliphatic carbocycles. The molecular weight excluding hydrogens is 758 g/mol. The monoisotopic (exact) mass is 825 g/mol. The fraction of sp³-hybridized carbons (Fsp3) is 0.596. The Morgan fingerprint density at radius 3 is 2.07 bits per heavy atom. The first kappa shape index (κ1) is 49.2. The van der Waals surface area contributed by atoms with Gasteiger partial charge in [-0.25, -0.2) is 9.97 Å². The van der Waals surface area contributed by atoms with Crippen molar-refractivity contribution in [2.75, 3.05) is 19.8 Å². The number of nitrogens with two attached hydrogens (primary N) is 1. The van der Waals surface area contributed by atoms with Gasteiger partial charge < -0.3 is 20.3 Å². The van der Waals surface area contributed by atoms with Gasteiger partial charge in [0.1, 0.15) is 17.3 Å². The van der Waals surface area contributed by atoms with Gasteiger partial charge in [-0.2, -0.15) is 18.2 Å². The normalized spacial score (nSPS) is 14.7. The summed E-state index contributed by atoms with van der Waals surface area (Å²) in [5.74, 6) is 0.534. The van der Waals surface area contributed by atoms with E-state index in [4.69, 9.17) is 15.2 Å². The number of aryl methyl sites for hydroxylation is 3. The molecule has 3 aromatic rings. The number of aliphatic imine (C=N–C) groups is 1. The van der Waals surface area contributed by atoms with Crippen LogP contribution in [0, 0.1) is 44.4 Å². The first-order chi connectivity index (χ1) is 27.4. The number of nitrogens with zero attached hydrogens (tertiary/aromatic N) is 3. The van der Waals surface area contributed by atoms with Gasteiger partial charge in [0.15, 0.2) is 0 Å². The molecule has 1 aliphatic rings. The molecule has 1 aromatic carbocycles. The number of hydrogen-bond donors (Lipinski definition) is 2. The number of Topliss-reactive ketones (excluding diaryl/α,β-unsaturated/α-hetero) is 1. The van der Waals surface area contributed by atoms with Crippen LogP contribution in [0.3, 0.4) is 0 Å². The van der Waals surface area contributed by atoms with Gasteiger partial charge in [-0.3, -0.25) is 9.59 Å². The van der Waals surface area contributed by atoms with E-state index in [9.17, 15) is 27.9 Å². The average molecular weight is 825 g/mol. The summed E-state index contributed by atoms with van der Waals surface area (Å²) < 4.78 is 50.3. The molecule has 1 saturated carbocycles. The van der Waals surface area contributed by atoms with Crippen molar-refractivity contribution in [3.05, 3.63) is 75.7 Å². The summed E-state index contributed by atoms with van der Waals surface area (Å²) in [6.07, 6.45) is 1.22. The Morgan fingerprint density at radius 2 is 1.58 bits per heavy atom. The molecule has 326 valence electrons. The maximum absolute atomic E-state index is 13.0. The van der Waals surface area contributed by atoms with Gasteiger partial charge in [0, 0.05) is 40.6 Å². The van der Waals surface area contributed by atoms with Gasteiger partial charge in [0.25, 0.3) is 5.91 Å². The number of rotatable bonds is 18. The Morgan fingerprint density at radius 1 is 0.949 bits per heavy atom. The van der Waals surface area contributed by atoms with Crippen LogP contribution in [0.25, 0.3) is 11.1 Å². The zero-order valence-electron chi connectivity index (χ0n) is 37.2. The molecule has 1 amide bonds. The summed E-state index contributed by atoms with van der Waals surface area (Å²) in [4.78, 5) is 38.0. The lowest BCUT2D eigenvalue weighted by molar-refractivity contribution is -0.141. The lowest BCUT2D eigenvalue weighted by Crippen LogP contribution is -2.29. The van der Waals surface area contributed by atoms with E-state index in [2.05, 4.69) is 60.9 Å². The van der Waals surface area contributed by atoms with Crippen molar-refractivity contribution >= 4 is 17.5 Å². The van der Waals surface area contributed by atoms with E-state index in [0.29, 0.717) is 42.0 Å². The number of carbonyl (C=O) groups excluding carboxylic acids is 2. The van der Waals surface area contributed by atoms with Crippen molar-refractivity contribution in [3.8, 4) is 17.0 Å². The highest BCUT2D eigenvalue weighted by molar-refractivity contribution is 6.05. The topological polar surface area (TPSA) is 137 Å². The first-order valence-electron chi connectivity index (χ1n) is 20.9. The van der Waals surface area contributed by atoms with Crippen LogP contribution in [0.1, 0.15) is 145 Å². The molecule has 12 heteroatoms. The molecule has 4 rings (SSSR count). The number of halogens is 3. The number of benzene rings is 1. The number of aliphatic hydroxyl groups is 1. The molecule has 2 atom stereocenters. The van der Waals surface area contributed by atoms with Gasteiger partial charge >= 0.3 is 6.18 Å². The molecule has 0 bridgehead atoms. The standard InChI is InChI=1S/C26H37NO4.C21H30F3N3O/c1-9-31-25-19(6)12-21(13-27-25)23-17(4)10-20(11-18(23)5)22(24(28)16(2)3)14-30-15-26(7,8)29;1-12(2)5-6-15(11-13(3)4)20(28)27-19(25)16-9-10-17(21(22,23)24)26-18(16)14-7-8-14/h10-13,16,22,29H,9,14-15H2,1-8H3;9-10,12-15H,5-8,11H2,1-4H3,(H2,25,27,28). The minimum absolute atomic E-state index is 0.0357. The summed E-state index contributed by atoms with van der Waals surface area (Å²) in [6, 6.07) is 8.44. The largest absolute Gasteiger partial charge is 0.478 e. The van der Waals surface area contributed by atoms with Gasteiger partial charge in [0.05, 0.1) is 37.0 Å². The van der Waals surface area contributed by atoms with Crippen LogP contribution < -0.4 is 10.5 Å². The number of ether oxygens (including phenoxy) is 2. The second kappa shape index (κ2) is 21.4. The Bertz CT molecular complexity index is 1890. The van der Waals surface area contributed by atoms with E-state index in [1.165, 1.54) is 6.07 Å². The average Bonchev–Trinajstić information content (AvgIpc) is 3.97. The maximum Gasteiger partial charge on any atom is 0.433 e. The third-order valence-electron chi connectivity index (χ3n) is 10.1. The summed E-state index contributed by atoms with van der Waals surface area (Å²) >= 11 is 0. The van der Waals surface area contributed by atoms with Crippen LogP contribution in [0.4, 0.5) is 13.2 Å². The highest BCUT2D eigenvalue weighted by atomic mass is 19.4. The third-order valence-corrected chi connectivity index (χ3v) is 10.1. The summed E-state index contributed by atoms with van der Waals surface area (Å²) in [5.41, 5.74) is 11.1. The maximum atomic E-state index is 13.0. The zero-order chi connectivity index (χ0) is 44.4. The van der Waals surface area contributed by atoms with E-state index in [-0.39, 0.29) is 54.4 Å². The van der Waals surface area contributed by atoms with Crippen LogP contribution in [0.2, 0.25) is 0 Å². The van der Waals surface area contributed by atoms with Crippen molar-refractivity contribution in [1.82, 2.24) is 9.97 Å². The molecular formula is C47H67F3N4O5. The van der Waals surface area contributed by atoms with E-state index < -0.39 is 17.5 Å². The molecule has 2 aromatic heterocycles. The predicted octanol–water partition coefficient (Wildman–Crippen LogP) is 10.5. The number of carbonyl (C=O) groups is 2. The van der Waals surface area contributed by atoms with Crippen LogP contribution >= 0.6 is 0 Å². The van der Waals surface area contributed by atoms with Crippen molar-refractivity contribution in [2.24, 2.45) is 34.4 Å². The SMILES string of the molecule is CC(C)CCC(CC(C)C)C(=O)N=C(N)c1ccc(C(F)(F)F)nc1C1CC1.CCOc1ncc(-c2c(C)cc(C(COCC(C)(C)O)C(=O)C(C)C)cc2C)cc1C. The van der Waals surface area contributed by atoms with Crippen molar-refractivity contribution in [2.45, 2.75) is 139 Å². The first-order valence-corrected chi connectivity index (χ1v) is 20.9. The molecule has 1 fully saturated rings. The third kappa shape index (κ3) is 15.1. The molecule has 0 saturated heterocycles. The van der Waals surface area contributed by atoms with Gasteiger partial charge in [-0.05, 0) is 120 Å². The van der Waals surface area contributed by atoms with E-state index in [1.54, 1.807) is 13.8 Å². The fourth-order valence-corrected chi connectivity index (χ4v) is 7.05. The Hall–Kier alpha value is -4.16. The van der Waals surface area contributed by atoms with Crippen molar-refractivity contribution in [3.63, 3.8) is 0 Å². The molecule has 2 unspecified atom stereocenters. The molecule has 9 nitrogen and oxygen atoms in total. The van der Waals surface area contributed by atoms with Crippen LogP contribution in [-0.2, 0) is 20.5 Å². The Labute approximate surface area is 349 Å². The second-order valence-electron chi connectivity index (χ2n) is 17.8. The smallest absolute Gasteiger partial charge is 0.433 e. The summed E-state index contributed by atoms with van der Waals surface area (Å²) in [7, 11) is 0. The van der Waals surface area contributed by atoms with E-state index in [1.807, 2.05) is 47.7 Å². The van der Waals surface area contributed by atoms with Crippen LogP contribution in [-0.4, -0.2) is 58.0 Å². The molecule has 2 heterocycles. The highest BCUT2D eigenvalue weighted by Gasteiger charge is 2.36. The van der Waals surface area contributed by atoms with Crippen LogP contribution in [0.5, 0.6) is 5.88 Å². The fourth-order valence-electron chi connectivity index (χ4n) is 7.05. The van der Waals surface area contributed by atoms with E-state index >= 15 is 0 Å². The number of hydrogen-bond acceptors (Lipinski definition) is 7. The Kier molecular flexibility index (Phi) is 17.8. The minimum atomic E-state index is -4.51. The highest BCUT2D eigenvalue weighted by Crippen LogP contribution is 2.42. The van der Waals surface area contributed by atoms with E-state index in [0.717, 1.165) is 65.1 Å². The van der Waals surface area contributed by atoms with Gasteiger partial charge in [-0.1, -0.05) is 60.1 Å². The number of ketones is 1. The number of aromatic nitrogens is 2. The lowest BCUT2D eigenvalue weighted by Gasteiger charge is -2.23. The molecule has 59 heavy (non-hydrogen) atoms. The molecule has 0 spiro atoms. The van der Waals surface area contributed by atoms with Gasteiger partial charge in [-0.15, -0.1) is 0 Å². The zero-order valence-corrected chi connectivity index (χ0v) is 37.2. The number of pyridine rings is 2. The number of amides is 1. The molecule has 0 radical (unpaired) electrons. The quantitative estimate of drug-likeness (QED) is 0.0956. The minimum Gasteiger partial charge on any atom is -0.478 e. The van der Waals surface area contributed by atoms with Gasteiger partial charge in [0.2, 0.25) is 5.88 Å². The number of amidine groups is 1. The Balaban J connectivity index is 0.000000317. The van der Waals surface area contributed by atoms with Crippen molar-refractivity contribution < 1.29 is 37.3 Å².